The molecule has 0 atom stereocenters. The van der Waals surface area contributed by atoms with Crippen molar-refractivity contribution in [1.29, 1.82) is 0 Å². The number of fused-ring (bicyclic) bond motifs is 6. The quantitative estimate of drug-likeness (QED) is 0.346. The van der Waals surface area contributed by atoms with Crippen molar-refractivity contribution in [3.63, 3.8) is 0 Å². The van der Waals surface area contributed by atoms with Gasteiger partial charge in [0, 0.05) is 22.9 Å². The van der Waals surface area contributed by atoms with Gasteiger partial charge in [-0.2, -0.15) is 0 Å². The highest BCUT2D eigenvalue weighted by atomic mass is 16.4. The molecule has 0 aliphatic heterocycles. The van der Waals surface area contributed by atoms with Crippen molar-refractivity contribution in [2.75, 3.05) is 0 Å². The zero-order valence-electron chi connectivity index (χ0n) is 14.4. The summed E-state index contributed by atoms with van der Waals surface area (Å²) in [5, 5.41) is 3.47. The van der Waals surface area contributed by atoms with Crippen LogP contribution in [-0.2, 0) is 0 Å². The predicted octanol–water partition coefficient (Wildman–Crippen LogP) is 5.08. The standard InChI is InChI=1S/2C11H6O3/c2*12-10-4-2-7-1-3-9-8(5-6-13-9)11(7)14-10/h2*1-6H. The van der Waals surface area contributed by atoms with Gasteiger partial charge >= 0.3 is 11.3 Å². The highest BCUT2D eigenvalue weighted by molar-refractivity contribution is 6.02. The van der Waals surface area contributed by atoms with Crippen molar-refractivity contribution >= 4 is 43.9 Å². The SMILES string of the molecule is O=c1ccc2ccc3occc3c2o1.O=c1ccc2ccc3occc3c2o1. The maximum absolute atomic E-state index is 11.1. The van der Waals surface area contributed by atoms with E-state index >= 15 is 0 Å². The molecule has 2 aromatic carbocycles. The molecule has 6 aromatic rings. The summed E-state index contributed by atoms with van der Waals surface area (Å²) in [7, 11) is 0. The number of hydrogen-bond acceptors (Lipinski definition) is 6. The zero-order chi connectivity index (χ0) is 19.1. The van der Waals surface area contributed by atoms with Crippen molar-refractivity contribution in [2.45, 2.75) is 0 Å². The van der Waals surface area contributed by atoms with E-state index in [1.165, 1.54) is 12.1 Å². The monoisotopic (exact) mass is 372 g/mol. The summed E-state index contributed by atoms with van der Waals surface area (Å²) < 4.78 is 20.6. The van der Waals surface area contributed by atoms with E-state index in [0.717, 1.165) is 32.7 Å². The summed E-state index contributed by atoms with van der Waals surface area (Å²) in [6.07, 6.45) is 3.16. The summed E-state index contributed by atoms with van der Waals surface area (Å²) in [5.41, 5.74) is 1.95. The lowest BCUT2D eigenvalue weighted by atomic mass is 10.2. The van der Waals surface area contributed by atoms with E-state index in [2.05, 4.69) is 0 Å². The van der Waals surface area contributed by atoms with E-state index in [0.29, 0.717) is 11.2 Å². The minimum Gasteiger partial charge on any atom is -0.464 e. The number of hydrogen-bond donors (Lipinski definition) is 0. The van der Waals surface area contributed by atoms with Gasteiger partial charge in [-0.3, -0.25) is 0 Å². The van der Waals surface area contributed by atoms with Gasteiger partial charge in [-0.25, -0.2) is 9.59 Å². The molecule has 0 spiro atoms. The molecule has 6 nitrogen and oxygen atoms in total. The highest BCUT2D eigenvalue weighted by Crippen LogP contribution is 2.25. The molecule has 0 aliphatic carbocycles. The van der Waals surface area contributed by atoms with Crippen LogP contribution >= 0.6 is 0 Å². The van der Waals surface area contributed by atoms with Crippen LogP contribution in [0.15, 0.2) is 100 Å². The van der Waals surface area contributed by atoms with Crippen LogP contribution in [0.25, 0.3) is 43.9 Å². The van der Waals surface area contributed by atoms with Crippen molar-refractivity contribution in [1.82, 2.24) is 0 Å². The Morgan fingerprint density at radius 2 is 0.929 bits per heavy atom. The molecule has 0 radical (unpaired) electrons. The second-order valence-electron chi connectivity index (χ2n) is 6.14. The molecule has 0 N–H and O–H groups in total. The molecule has 0 fully saturated rings. The summed E-state index contributed by atoms with van der Waals surface area (Å²) in [6, 6.07) is 17.3. The van der Waals surface area contributed by atoms with Gasteiger partial charge in [0.05, 0.1) is 23.3 Å². The first-order chi connectivity index (χ1) is 13.7. The van der Waals surface area contributed by atoms with E-state index in [4.69, 9.17) is 17.7 Å². The van der Waals surface area contributed by atoms with Gasteiger partial charge in [-0.15, -0.1) is 0 Å². The van der Waals surface area contributed by atoms with E-state index in [1.807, 2.05) is 24.3 Å². The molecular formula is C22H12O6. The Kier molecular flexibility index (Phi) is 3.62. The molecule has 0 aliphatic rings. The molecule has 0 bridgehead atoms. The Balaban J connectivity index is 0.000000122. The minimum absolute atomic E-state index is 0.341. The van der Waals surface area contributed by atoms with Crippen molar-refractivity contribution in [3.8, 4) is 0 Å². The molecule has 4 aromatic heterocycles. The molecule has 4 heterocycles. The second kappa shape index (κ2) is 6.28. The predicted molar refractivity (Wildman–Crippen MR) is 105 cm³/mol. The topological polar surface area (TPSA) is 86.7 Å². The van der Waals surface area contributed by atoms with Crippen LogP contribution in [0.5, 0.6) is 0 Å². The van der Waals surface area contributed by atoms with Crippen LogP contribution in [0.1, 0.15) is 0 Å². The van der Waals surface area contributed by atoms with E-state index in [9.17, 15) is 9.59 Å². The summed E-state index contributed by atoms with van der Waals surface area (Å²) in [6.45, 7) is 0. The van der Waals surface area contributed by atoms with Crippen LogP contribution < -0.4 is 11.3 Å². The molecule has 136 valence electrons. The fraction of sp³-hybridized carbons (Fsp3) is 0. The van der Waals surface area contributed by atoms with Crippen molar-refractivity contribution in [2.24, 2.45) is 0 Å². The molecule has 6 rings (SSSR count). The molecule has 28 heavy (non-hydrogen) atoms. The molecule has 0 saturated heterocycles. The Morgan fingerprint density at radius 1 is 0.500 bits per heavy atom. The molecule has 0 unspecified atom stereocenters. The summed E-state index contributed by atoms with van der Waals surface area (Å²) >= 11 is 0. The van der Waals surface area contributed by atoms with Gasteiger partial charge in [0.1, 0.15) is 22.3 Å². The largest absolute Gasteiger partial charge is 0.464 e. The van der Waals surface area contributed by atoms with Gasteiger partial charge in [0.15, 0.2) is 0 Å². The highest BCUT2D eigenvalue weighted by Gasteiger charge is 2.05. The number of benzene rings is 2. The Hall–Kier alpha value is -4.06. The first kappa shape index (κ1) is 16.1. The average molecular weight is 372 g/mol. The summed E-state index contributed by atoms with van der Waals surface area (Å²) in [5.74, 6) is 0. The molecular weight excluding hydrogens is 360 g/mol. The third kappa shape index (κ3) is 2.68. The van der Waals surface area contributed by atoms with Gasteiger partial charge in [-0.05, 0) is 48.5 Å². The van der Waals surface area contributed by atoms with Gasteiger partial charge < -0.3 is 17.7 Å². The number of rotatable bonds is 0. The second-order valence-corrected chi connectivity index (χ2v) is 6.14. The van der Waals surface area contributed by atoms with Crippen LogP contribution in [0.4, 0.5) is 0 Å². The lowest BCUT2D eigenvalue weighted by Gasteiger charge is -1.95. The molecule has 0 saturated carbocycles. The average Bonchev–Trinajstić information content (AvgIpc) is 3.38. The van der Waals surface area contributed by atoms with Gasteiger partial charge in [-0.1, -0.05) is 0 Å². The zero-order valence-corrected chi connectivity index (χ0v) is 14.4. The maximum atomic E-state index is 11.1. The van der Waals surface area contributed by atoms with Crippen molar-refractivity contribution in [3.05, 3.63) is 94.0 Å². The molecule has 0 amide bonds. The fourth-order valence-corrected chi connectivity index (χ4v) is 3.14. The minimum atomic E-state index is -0.341. The first-order valence-corrected chi connectivity index (χ1v) is 8.49. The third-order valence-corrected chi connectivity index (χ3v) is 4.44. The smallest absolute Gasteiger partial charge is 0.336 e. The fourth-order valence-electron chi connectivity index (χ4n) is 3.14. The normalized spacial score (nSPS) is 11.1. The Labute approximate surface area is 156 Å². The van der Waals surface area contributed by atoms with E-state index in [1.54, 1.807) is 36.8 Å². The van der Waals surface area contributed by atoms with Crippen LogP contribution in [0.3, 0.4) is 0 Å². The first-order valence-electron chi connectivity index (χ1n) is 8.49. The van der Waals surface area contributed by atoms with Crippen LogP contribution in [0.2, 0.25) is 0 Å². The third-order valence-electron chi connectivity index (χ3n) is 4.44. The summed E-state index contributed by atoms with van der Waals surface area (Å²) in [4.78, 5) is 22.1. The van der Waals surface area contributed by atoms with Crippen LogP contribution in [-0.4, -0.2) is 0 Å². The maximum Gasteiger partial charge on any atom is 0.336 e. The van der Waals surface area contributed by atoms with E-state index in [-0.39, 0.29) is 11.3 Å². The number of furan rings is 2. The lowest BCUT2D eigenvalue weighted by molar-refractivity contribution is 0.563. The van der Waals surface area contributed by atoms with Gasteiger partial charge in [0.25, 0.3) is 0 Å². The van der Waals surface area contributed by atoms with Gasteiger partial charge in [0.2, 0.25) is 0 Å². The molecule has 6 heteroatoms. The van der Waals surface area contributed by atoms with E-state index < -0.39 is 0 Å². The van der Waals surface area contributed by atoms with Crippen LogP contribution in [0, 0.1) is 0 Å². The lowest BCUT2D eigenvalue weighted by Crippen LogP contribution is -1.93. The Bertz CT molecular complexity index is 1440. The van der Waals surface area contributed by atoms with Crippen molar-refractivity contribution < 1.29 is 17.7 Å². The Morgan fingerprint density at radius 3 is 1.39 bits per heavy atom.